The van der Waals surface area contributed by atoms with Gasteiger partial charge in [0.2, 0.25) is 0 Å². The summed E-state index contributed by atoms with van der Waals surface area (Å²) in [6.45, 7) is 5.29. The first-order valence-electron chi connectivity index (χ1n) is 8.18. The average Bonchev–Trinajstić information content (AvgIpc) is 2.59. The van der Waals surface area contributed by atoms with Crippen molar-refractivity contribution in [2.24, 2.45) is 5.73 Å². The van der Waals surface area contributed by atoms with Gasteiger partial charge in [0.1, 0.15) is 24.0 Å². The standard InChI is InChI=1S/C18H21N3O6/c1-10-4-5-11(2)16(12(10)3)27-9-14(22)8-20-7-13(21(25)26)6-15(17(19)23)18(20)24/h4-7,14,22H,8-9H2,1-3H3,(H2,19,23)/t14-/m0/s1. The third kappa shape index (κ3) is 4.50. The van der Waals surface area contributed by atoms with Crippen molar-refractivity contribution in [1.29, 1.82) is 0 Å². The molecule has 1 heterocycles. The first-order chi connectivity index (χ1) is 12.6. The lowest BCUT2D eigenvalue weighted by atomic mass is 10.1. The second kappa shape index (κ2) is 8.00. The number of nitrogens with zero attached hydrogens (tertiary/aromatic N) is 2. The molecule has 9 heteroatoms. The molecular weight excluding hydrogens is 354 g/mol. The van der Waals surface area contributed by atoms with Crippen molar-refractivity contribution in [1.82, 2.24) is 4.57 Å². The molecule has 0 aliphatic carbocycles. The number of nitro groups is 1. The van der Waals surface area contributed by atoms with Crippen LogP contribution in [0.5, 0.6) is 5.75 Å². The van der Waals surface area contributed by atoms with Gasteiger partial charge in [-0.1, -0.05) is 12.1 Å². The van der Waals surface area contributed by atoms with Gasteiger partial charge in [0.25, 0.3) is 17.2 Å². The summed E-state index contributed by atoms with van der Waals surface area (Å²) in [5.74, 6) is -0.438. The number of benzene rings is 1. The molecule has 2 aromatic rings. The van der Waals surface area contributed by atoms with Gasteiger partial charge in [-0.05, 0) is 37.5 Å². The Bertz CT molecular complexity index is 951. The van der Waals surface area contributed by atoms with E-state index in [4.69, 9.17) is 10.5 Å². The van der Waals surface area contributed by atoms with Gasteiger partial charge in [0, 0.05) is 6.07 Å². The maximum Gasteiger partial charge on any atom is 0.286 e. The summed E-state index contributed by atoms with van der Waals surface area (Å²) >= 11 is 0. The molecule has 0 aliphatic rings. The number of ether oxygens (including phenoxy) is 1. The fraction of sp³-hybridized carbons (Fsp3) is 0.333. The zero-order valence-electron chi connectivity index (χ0n) is 15.3. The third-order valence-electron chi connectivity index (χ3n) is 4.25. The number of aliphatic hydroxyl groups excluding tert-OH is 1. The van der Waals surface area contributed by atoms with Gasteiger partial charge in [-0.3, -0.25) is 19.7 Å². The lowest BCUT2D eigenvalue weighted by Gasteiger charge is -2.17. The first-order valence-corrected chi connectivity index (χ1v) is 8.18. The van der Waals surface area contributed by atoms with Gasteiger partial charge in [-0.25, -0.2) is 0 Å². The van der Waals surface area contributed by atoms with Crippen molar-refractivity contribution in [2.75, 3.05) is 6.61 Å². The predicted molar refractivity (Wildman–Crippen MR) is 98.0 cm³/mol. The fourth-order valence-corrected chi connectivity index (χ4v) is 2.64. The monoisotopic (exact) mass is 375 g/mol. The number of rotatable bonds is 7. The maximum absolute atomic E-state index is 12.2. The van der Waals surface area contributed by atoms with Gasteiger partial charge in [-0.2, -0.15) is 0 Å². The molecule has 0 fully saturated rings. The van der Waals surface area contributed by atoms with Gasteiger partial charge in [-0.15, -0.1) is 0 Å². The minimum Gasteiger partial charge on any atom is -0.490 e. The molecule has 9 nitrogen and oxygen atoms in total. The van der Waals surface area contributed by atoms with Crippen LogP contribution in [0.2, 0.25) is 0 Å². The molecule has 0 radical (unpaired) electrons. The SMILES string of the molecule is Cc1ccc(C)c(OC[C@@H](O)Cn2cc([N+](=O)[O-])cc(C(N)=O)c2=O)c1C. The summed E-state index contributed by atoms with van der Waals surface area (Å²) in [4.78, 5) is 33.8. The summed E-state index contributed by atoms with van der Waals surface area (Å²) < 4.78 is 6.58. The number of aryl methyl sites for hydroxylation is 2. The quantitative estimate of drug-likeness (QED) is 0.551. The van der Waals surface area contributed by atoms with Crippen molar-refractivity contribution in [3.05, 3.63) is 67.1 Å². The van der Waals surface area contributed by atoms with E-state index in [0.717, 1.165) is 33.5 Å². The van der Waals surface area contributed by atoms with Crippen LogP contribution in [-0.4, -0.2) is 33.2 Å². The lowest BCUT2D eigenvalue weighted by Crippen LogP contribution is -2.34. The van der Waals surface area contributed by atoms with Crippen LogP contribution in [0.4, 0.5) is 5.69 Å². The average molecular weight is 375 g/mol. The van der Waals surface area contributed by atoms with E-state index in [0.29, 0.717) is 5.75 Å². The molecule has 1 atom stereocenters. The largest absolute Gasteiger partial charge is 0.490 e. The number of primary amides is 1. The number of amides is 1. The Kier molecular flexibility index (Phi) is 5.96. The molecule has 0 aliphatic heterocycles. The Morgan fingerprint density at radius 3 is 2.56 bits per heavy atom. The highest BCUT2D eigenvalue weighted by Gasteiger charge is 2.19. The van der Waals surface area contributed by atoms with Crippen molar-refractivity contribution < 1.29 is 19.6 Å². The Hall–Kier alpha value is -3.20. The van der Waals surface area contributed by atoms with Gasteiger partial charge in [0.15, 0.2) is 0 Å². The molecule has 0 bridgehead atoms. The molecule has 2 rings (SSSR count). The third-order valence-corrected chi connectivity index (χ3v) is 4.25. The molecule has 27 heavy (non-hydrogen) atoms. The summed E-state index contributed by atoms with van der Waals surface area (Å²) in [6.07, 6.45) is -0.175. The van der Waals surface area contributed by atoms with E-state index in [1.54, 1.807) is 0 Å². The Balaban J connectivity index is 2.22. The first kappa shape index (κ1) is 20.1. The highest BCUT2D eigenvalue weighted by molar-refractivity contribution is 5.92. The normalized spacial score (nSPS) is 11.9. The van der Waals surface area contributed by atoms with Gasteiger partial charge in [0.05, 0.1) is 17.7 Å². The van der Waals surface area contributed by atoms with E-state index in [1.807, 2.05) is 32.9 Å². The topological polar surface area (TPSA) is 138 Å². The Labute approximate surface area is 155 Å². The molecule has 1 aromatic carbocycles. The van der Waals surface area contributed by atoms with E-state index < -0.39 is 33.7 Å². The molecule has 0 spiro atoms. The number of aliphatic hydroxyl groups is 1. The predicted octanol–water partition coefficient (Wildman–Crippen LogP) is 1.22. The summed E-state index contributed by atoms with van der Waals surface area (Å²) in [6, 6.07) is 4.68. The molecule has 144 valence electrons. The van der Waals surface area contributed by atoms with Gasteiger partial charge < -0.3 is 20.1 Å². The second-order valence-electron chi connectivity index (χ2n) is 6.31. The van der Waals surface area contributed by atoms with E-state index in [1.165, 1.54) is 0 Å². The van der Waals surface area contributed by atoms with E-state index >= 15 is 0 Å². The van der Waals surface area contributed by atoms with Crippen LogP contribution < -0.4 is 16.0 Å². The van der Waals surface area contributed by atoms with Crippen LogP contribution in [0, 0.1) is 30.9 Å². The van der Waals surface area contributed by atoms with Crippen molar-refractivity contribution >= 4 is 11.6 Å². The molecule has 3 N–H and O–H groups in total. The fourth-order valence-electron chi connectivity index (χ4n) is 2.64. The molecular formula is C18H21N3O6. The number of nitrogens with two attached hydrogens (primary N) is 1. The van der Waals surface area contributed by atoms with Crippen LogP contribution in [0.3, 0.4) is 0 Å². The number of carbonyl (C=O) groups excluding carboxylic acids is 1. The zero-order chi connectivity index (χ0) is 20.3. The minimum atomic E-state index is -1.13. The maximum atomic E-state index is 12.2. The van der Waals surface area contributed by atoms with Crippen LogP contribution in [-0.2, 0) is 6.54 Å². The van der Waals surface area contributed by atoms with Crippen LogP contribution in [0.1, 0.15) is 27.0 Å². The van der Waals surface area contributed by atoms with Crippen molar-refractivity contribution in [2.45, 2.75) is 33.4 Å². The number of pyridine rings is 1. The Morgan fingerprint density at radius 2 is 1.96 bits per heavy atom. The summed E-state index contributed by atoms with van der Waals surface area (Å²) in [5.41, 5.74) is 6.18. The minimum absolute atomic E-state index is 0.133. The highest BCUT2D eigenvalue weighted by atomic mass is 16.6. The zero-order valence-corrected chi connectivity index (χ0v) is 15.3. The molecule has 0 saturated heterocycles. The van der Waals surface area contributed by atoms with Crippen molar-refractivity contribution in [3.8, 4) is 5.75 Å². The van der Waals surface area contributed by atoms with E-state index in [2.05, 4.69) is 0 Å². The lowest BCUT2D eigenvalue weighted by molar-refractivity contribution is -0.385. The van der Waals surface area contributed by atoms with Gasteiger partial charge >= 0.3 is 0 Å². The van der Waals surface area contributed by atoms with Crippen molar-refractivity contribution in [3.63, 3.8) is 0 Å². The number of hydrogen-bond acceptors (Lipinski definition) is 6. The summed E-state index contributed by atoms with van der Waals surface area (Å²) in [7, 11) is 0. The molecule has 1 aromatic heterocycles. The van der Waals surface area contributed by atoms with Crippen LogP contribution in [0.25, 0.3) is 0 Å². The smallest absolute Gasteiger partial charge is 0.286 e. The van der Waals surface area contributed by atoms with Crippen LogP contribution in [0.15, 0.2) is 29.2 Å². The molecule has 1 amide bonds. The number of carbonyl (C=O) groups is 1. The Morgan fingerprint density at radius 1 is 1.33 bits per heavy atom. The molecule has 0 saturated carbocycles. The van der Waals surface area contributed by atoms with Crippen LogP contribution >= 0.6 is 0 Å². The number of aromatic nitrogens is 1. The van der Waals surface area contributed by atoms with E-state index in [9.17, 15) is 24.8 Å². The highest BCUT2D eigenvalue weighted by Crippen LogP contribution is 2.25. The summed E-state index contributed by atoms with van der Waals surface area (Å²) in [5, 5.41) is 21.2. The van der Waals surface area contributed by atoms with E-state index in [-0.39, 0.29) is 13.2 Å². The number of hydrogen-bond donors (Lipinski definition) is 2. The molecule has 0 unspecified atom stereocenters. The second-order valence-corrected chi connectivity index (χ2v) is 6.31.